The van der Waals surface area contributed by atoms with Gasteiger partial charge in [0, 0.05) is 18.7 Å². The zero-order valence-electron chi connectivity index (χ0n) is 16.8. The van der Waals surface area contributed by atoms with Crippen LogP contribution in [0.2, 0.25) is 0 Å². The van der Waals surface area contributed by atoms with Crippen LogP contribution in [0.15, 0.2) is 82.6 Å². The summed E-state index contributed by atoms with van der Waals surface area (Å²) in [5, 5.41) is 7.87. The van der Waals surface area contributed by atoms with Crippen LogP contribution in [-0.2, 0) is 17.9 Å². The predicted molar refractivity (Wildman–Crippen MR) is 113 cm³/mol. The largest absolute Gasteiger partial charge is 0.497 e. The number of fused-ring (bicyclic) bond motifs is 2. The number of carbonyl (C=O) groups excluding carboxylic acids is 2. The van der Waals surface area contributed by atoms with E-state index in [0.29, 0.717) is 24.5 Å². The predicted octanol–water partition coefficient (Wildman–Crippen LogP) is 4.66. The summed E-state index contributed by atoms with van der Waals surface area (Å²) in [6.45, 7) is 0.984. The lowest BCUT2D eigenvalue weighted by molar-refractivity contribution is -0.119. The summed E-state index contributed by atoms with van der Waals surface area (Å²) in [6, 6.07) is 12.9. The third-order valence-corrected chi connectivity index (χ3v) is 5.54. The Hall–Kier alpha value is -4.00. The third kappa shape index (κ3) is 3.54. The van der Waals surface area contributed by atoms with Crippen molar-refractivity contribution in [3.05, 3.63) is 89.0 Å². The summed E-state index contributed by atoms with van der Waals surface area (Å²) in [5.41, 5.74) is 4.41. The fourth-order valence-electron chi connectivity index (χ4n) is 3.90. The minimum absolute atomic E-state index is 0.269. The molecule has 5 rings (SSSR count). The Balaban J connectivity index is 1.30. The molecule has 31 heavy (non-hydrogen) atoms. The summed E-state index contributed by atoms with van der Waals surface area (Å²) in [7, 11) is 1.62. The number of methoxy groups -OCH3 is 1. The van der Waals surface area contributed by atoms with Crippen LogP contribution < -0.4 is 9.47 Å². The third-order valence-electron chi connectivity index (χ3n) is 5.54. The molecule has 2 aromatic carbocycles. The summed E-state index contributed by atoms with van der Waals surface area (Å²) in [4.78, 5) is 26.2. The number of allylic oxidation sites excluding steroid dienone is 3. The first-order valence-corrected chi connectivity index (χ1v) is 9.90. The Kier molecular flexibility index (Phi) is 4.71. The topological polar surface area (TPSA) is 80.6 Å². The van der Waals surface area contributed by atoms with Crippen LogP contribution in [0.4, 0.5) is 4.79 Å². The van der Waals surface area contributed by atoms with Gasteiger partial charge in [0.2, 0.25) is 0 Å². The molecule has 7 nitrogen and oxygen atoms in total. The van der Waals surface area contributed by atoms with Crippen molar-refractivity contribution in [2.24, 2.45) is 16.1 Å². The lowest BCUT2D eigenvalue weighted by Crippen LogP contribution is -2.28. The van der Waals surface area contributed by atoms with Gasteiger partial charge in [0.15, 0.2) is 0 Å². The highest BCUT2D eigenvalue weighted by molar-refractivity contribution is 5.91. The molecule has 0 radical (unpaired) electrons. The van der Waals surface area contributed by atoms with Gasteiger partial charge in [0.05, 0.1) is 18.7 Å². The van der Waals surface area contributed by atoms with E-state index < -0.39 is 12.0 Å². The van der Waals surface area contributed by atoms with Gasteiger partial charge in [0.25, 0.3) is 5.91 Å². The van der Waals surface area contributed by atoms with Gasteiger partial charge < -0.3 is 9.47 Å². The van der Waals surface area contributed by atoms with Crippen molar-refractivity contribution in [1.29, 1.82) is 0 Å². The average Bonchev–Trinajstić information content (AvgIpc) is 3.24. The Labute approximate surface area is 179 Å². The van der Waals surface area contributed by atoms with Crippen LogP contribution in [0.3, 0.4) is 0 Å². The van der Waals surface area contributed by atoms with Crippen LogP contribution in [0.1, 0.15) is 16.7 Å². The van der Waals surface area contributed by atoms with E-state index in [1.165, 1.54) is 0 Å². The number of benzene rings is 2. The second-order valence-corrected chi connectivity index (χ2v) is 7.45. The van der Waals surface area contributed by atoms with E-state index >= 15 is 0 Å². The summed E-state index contributed by atoms with van der Waals surface area (Å²) in [6.07, 6.45) is 6.99. The SMILES string of the molecule is COc1ccc2c(c1)CN(C(=O)Oc1ccc(C3=C4C=CC=CC4C(=O)N=N3)cc1)C2. The molecule has 0 saturated heterocycles. The number of hydrogen-bond donors (Lipinski definition) is 0. The first kappa shape index (κ1) is 19.0. The monoisotopic (exact) mass is 413 g/mol. The molecule has 0 saturated carbocycles. The number of azo groups is 1. The molecule has 154 valence electrons. The van der Waals surface area contributed by atoms with Gasteiger partial charge in [-0.1, -0.05) is 30.4 Å². The van der Waals surface area contributed by atoms with Gasteiger partial charge in [-0.3, -0.25) is 9.69 Å². The first-order valence-electron chi connectivity index (χ1n) is 9.90. The van der Waals surface area contributed by atoms with Gasteiger partial charge >= 0.3 is 6.09 Å². The molecule has 0 fully saturated rings. The molecule has 2 amide bonds. The van der Waals surface area contributed by atoms with Crippen molar-refractivity contribution in [3.8, 4) is 11.5 Å². The van der Waals surface area contributed by atoms with E-state index in [1.54, 1.807) is 24.1 Å². The Morgan fingerprint density at radius 2 is 1.77 bits per heavy atom. The summed E-state index contributed by atoms with van der Waals surface area (Å²) in [5.74, 6) is 0.541. The maximum absolute atomic E-state index is 12.6. The second-order valence-electron chi connectivity index (χ2n) is 7.45. The Bertz CT molecular complexity index is 1190. The van der Waals surface area contributed by atoms with Crippen molar-refractivity contribution in [3.63, 3.8) is 0 Å². The van der Waals surface area contributed by atoms with Crippen LogP contribution >= 0.6 is 0 Å². The molecule has 1 aliphatic carbocycles. The number of ether oxygens (including phenoxy) is 2. The van der Waals surface area contributed by atoms with Crippen LogP contribution in [0.25, 0.3) is 5.70 Å². The van der Waals surface area contributed by atoms with Crippen molar-refractivity contribution in [1.82, 2.24) is 4.90 Å². The maximum Gasteiger partial charge on any atom is 0.415 e. The lowest BCUT2D eigenvalue weighted by atomic mass is 9.89. The van der Waals surface area contributed by atoms with Crippen LogP contribution in [0.5, 0.6) is 11.5 Å². The molecule has 2 heterocycles. The van der Waals surface area contributed by atoms with Crippen molar-refractivity contribution in [2.45, 2.75) is 13.1 Å². The zero-order valence-corrected chi connectivity index (χ0v) is 16.8. The fraction of sp³-hybridized carbons (Fsp3) is 0.167. The number of amides is 2. The molecule has 0 aromatic heterocycles. The van der Waals surface area contributed by atoms with Gasteiger partial charge in [0.1, 0.15) is 11.5 Å². The molecule has 0 spiro atoms. The highest BCUT2D eigenvalue weighted by atomic mass is 16.6. The van der Waals surface area contributed by atoms with Crippen molar-refractivity contribution in [2.75, 3.05) is 7.11 Å². The second kappa shape index (κ2) is 7.68. The van der Waals surface area contributed by atoms with Gasteiger partial charge in [-0.05, 0) is 53.1 Å². The zero-order chi connectivity index (χ0) is 21.4. The van der Waals surface area contributed by atoms with Crippen molar-refractivity contribution < 1.29 is 19.1 Å². The summed E-state index contributed by atoms with van der Waals surface area (Å²) < 4.78 is 10.8. The number of hydrogen-bond acceptors (Lipinski definition) is 5. The van der Waals surface area contributed by atoms with Gasteiger partial charge in [-0.25, -0.2) is 4.79 Å². The van der Waals surface area contributed by atoms with E-state index in [-0.39, 0.29) is 5.91 Å². The maximum atomic E-state index is 12.6. The van der Waals surface area contributed by atoms with Gasteiger partial charge in [-0.2, -0.15) is 0 Å². The number of nitrogens with zero attached hydrogens (tertiary/aromatic N) is 3. The van der Waals surface area contributed by atoms with E-state index in [1.807, 2.05) is 54.6 Å². The van der Waals surface area contributed by atoms with Crippen LogP contribution in [-0.4, -0.2) is 24.0 Å². The highest BCUT2D eigenvalue weighted by Crippen LogP contribution is 2.34. The molecule has 2 aromatic rings. The molecule has 2 aliphatic heterocycles. The average molecular weight is 413 g/mol. The van der Waals surface area contributed by atoms with E-state index in [0.717, 1.165) is 28.0 Å². The lowest BCUT2D eigenvalue weighted by Gasteiger charge is -2.19. The quantitative estimate of drug-likeness (QED) is 0.733. The standard InChI is InChI=1S/C24H19N3O4/c1-30-19-11-8-16-13-27(14-17(16)12-19)24(29)31-18-9-6-15(7-10-18)22-20-4-2-3-5-21(20)23(28)26-25-22/h2-12,21H,13-14H2,1H3. The molecule has 0 N–H and O–H groups in total. The van der Waals surface area contributed by atoms with E-state index in [9.17, 15) is 9.59 Å². The van der Waals surface area contributed by atoms with E-state index in [2.05, 4.69) is 10.2 Å². The number of carbonyl (C=O) groups is 2. The molecular weight excluding hydrogens is 394 g/mol. The molecule has 1 unspecified atom stereocenters. The molecule has 1 atom stereocenters. The van der Waals surface area contributed by atoms with Crippen molar-refractivity contribution >= 4 is 17.7 Å². The van der Waals surface area contributed by atoms with Gasteiger partial charge in [-0.15, -0.1) is 10.2 Å². The number of rotatable bonds is 3. The highest BCUT2D eigenvalue weighted by Gasteiger charge is 2.28. The van der Waals surface area contributed by atoms with E-state index in [4.69, 9.17) is 9.47 Å². The fourth-order valence-corrected chi connectivity index (χ4v) is 3.90. The molecule has 0 bridgehead atoms. The Morgan fingerprint density at radius 3 is 2.58 bits per heavy atom. The summed E-state index contributed by atoms with van der Waals surface area (Å²) >= 11 is 0. The minimum atomic E-state index is -0.409. The molecule has 3 aliphatic rings. The smallest absolute Gasteiger partial charge is 0.415 e. The molecule has 7 heteroatoms. The van der Waals surface area contributed by atoms with Crippen LogP contribution in [0, 0.1) is 5.92 Å². The normalized spacial score (nSPS) is 18.8. The molecular formula is C24H19N3O4. The minimum Gasteiger partial charge on any atom is -0.497 e. The Morgan fingerprint density at radius 1 is 1.00 bits per heavy atom. The first-order chi connectivity index (χ1) is 15.1.